The van der Waals surface area contributed by atoms with Crippen molar-refractivity contribution in [2.24, 2.45) is 0 Å². The van der Waals surface area contributed by atoms with Gasteiger partial charge in [-0.05, 0) is 28.1 Å². The third kappa shape index (κ3) is 3.13. The van der Waals surface area contributed by atoms with E-state index in [0.29, 0.717) is 0 Å². The minimum atomic E-state index is -0.673. The number of carbonyl (C=O) groups excluding carboxylic acids is 2. The summed E-state index contributed by atoms with van der Waals surface area (Å²) in [6.45, 7) is -0.299. The van der Waals surface area contributed by atoms with Crippen LogP contribution in [0.5, 0.6) is 11.5 Å². The van der Waals surface area contributed by atoms with Crippen LogP contribution in [0.25, 0.3) is 0 Å². The van der Waals surface area contributed by atoms with Crippen LogP contribution in [0.15, 0.2) is 16.6 Å². The zero-order valence-electron chi connectivity index (χ0n) is 9.73. The number of esters is 2. The number of carbonyl (C=O) groups is 2. The lowest BCUT2D eigenvalue weighted by atomic mass is 10.2. The summed E-state index contributed by atoms with van der Waals surface area (Å²) in [7, 11) is 2.44. The van der Waals surface area contributed by atoms with Crippen molar-refractivity contribution >= 4 is 27.9 Å². The van der Waals surface area contributed by atoms with Gasteiger partial charge in [0.1, 0.15) is 21.5 Å². The zero-order chi connectivity index (χ0) is 13.7. The van der Waals surface area contributed by atoms with Gasteiger partial charge in [-0.3, -0.25) is 0 Å². The summed E-state index contributed by atoms with van der Waals surface area (Å²) in [5, 5.41) is 9.76. The lowest BCUT2D eigenvalue weighted by Gasteiger charge is -2.10. The fourth-order valence-electron chi connectivity index (χ4n) is 1.13. The molecule has 0 saturated heterocycles. The Morgan fingerprint density at radius 2 is 1.94 bits per heavy atom. The van der Waals surface area contributed by atoms with Gasteiger partial charge in [0.15, 0.2) is 6.61 Å². The Hall–Kier alpha value is -1.76. The SMILES string of the molecule is COC(=O)COc1ccc(C(=O)OC)c(O)c1Br. The summed E-state index contributed by atoms with van der Waals surface area (Å²) in [4.78, 5) is 22.2. The largest absolute Gasteiger partial charge is 0.506 e. The molecule has 0 amide bonds. The number of aromatic hydroxyl groups is 1. The van der Waals surface area contributed by atoms with E-state index in [9.17, 15) is 14.7 Å². The maximum absolute atomic E-state index is 11.3. The second-order valence-electron chi connectivity index (χ2n) is 3.13. The van der Waals surface area contributed by atoms with Crippen molar-refractivity contribution in [3.8, 4) is 11.5 Å². The Morgan fingerprint density at radius 3 is 2.50 bits per heavy atom. The molecule has 0 radical (unpaired) electrons. The molecule has 6 nitrogen and oxygen atoms in total. The number of hydrogen-bond donors (Lipinski definition) is 1. The monoisotopic (exact) mass is 318 g/mol. The number of phenolic OH excluding ortho intramolecular Hbond substituents is 1. The highest BCUT2D eigenvalue weighted by molar-refractivity contribution is 9.10. The van der Waals surface area contributed by atoms with Gasteiger partial charge in [-0.15, -0.1) is 0 Å². The van der Waals surface area contributed by atoms with Gasteiger partial charge in [0.2, 0.25) is 0 Å². The number of phenols is 1. The topological polar surface area (TPSA) is 82.1 Å². The van der Waals surface area contributed by atoms with E-state index >= 15 is 0 Å². The Labute approximate surface area is 112 Å². The van der Waals surface area contributed by atoms with Gasteiger partial charge in [-0.25, -0.2) is 9.59 Å². The fraction of sp³-hybridized carbons (Fsp3) is 0.273. The maximum Gasteiger partial charge on any atom is 0.343 e. The van der Waals surface area contributed by atoms with Crippen molar-refractivity contribution in [1.82, 2.24) is 0 Å². The lowest BCUT2D eigenvalue weighted by Crippen LogP contribution is -2.13. The van der Waals surface area contributed by atoms with Crippen LogP contribution < -0.4 is 4.74 Å². The molecule has 0 aliphatic heterocycles. The van der Waals surface area contributed by atoms with Gasteiger partial charge in [-0.1, -0.05) is 0 Å². The average molecular weight is 319 g/mol. The second kappa shape index (κ2) is 6.25. The molecule has 7 heteroatoms. The van der Waals surface area contributed by atoms with E-state index in [1.807, 2.05) is 0 Å². The summed E-state index contributed by atoms with van der Waals surface area (Å²) in [6, 6.07) is 2.76. The van der Waals surface area contributed by atoms with E-state index in [2.05, 4.69) is 25.4 Å². The van der Waals surface area contributed by atoms with Crippen molar-refractivity contribution in [2.75, 3.05) is 20.8 Å². The molecule has 0 aliphatic rings. The molecule has 0 unspecified atom stereocenters. The Balaban J connectivity index is 2.94. The van der Waals surface area contributed by atoms with Crippen LogP contribution in [-0.4, -0.2) is 37.9 Å². The standard InChI is InChI=1S/C11H11BrO6/c1-16-8(13)5-18-7-4-3-6(11(15)17-2)10(14)9(7)12/h3-4,14H,5H2,1-2H3. The molecule has 1 aromatic carbocycles. The predicted molar refractivity (Wildman–Crippen MR) is 64.7 cm³/mol. The van der Waals surface area contributed by atoms with E-state index in [1.54, 1.807) is 0 Å². The van der Waals surface area contributed by atoms with Crippen LogP contribution in [0.3, 0.4) is 0 Å². The molecule has 0 bridgehead atoms. The Kier molecular flexibility index (Phi) is 4.96. The summed E-state index contributed by atoms with van der Waals surface area (Å²) in [5.41, 5.74) is -0.00482. The van der Waals surface area contributed by atoms with Crippen molar-refractivity contribution in [2.45, 2.75) is 0 Å². The smallest absolute Gasteiger partial charge is 0.343 e. The van der Waals surface area contributed by atoms with E-state index in [0.717, 1.165) is 0 Å². The van der Waals surface area contributed by atoms with Crippen LogP contribution in [0.2, 0.25) is 0 Å². The molecule has 0 heterocycles. The molecule has 0 fully saturated rings. The van der Waals surface area contributed by atoms with Gasteiger partial charge in [-0.2, -0.15) is 0 Å². The third-order valence-electron chi connectivity index (χ3n) is 2.06. The van der Waals surface area contributed by atoms with Crippen LogP contribution in [-0.2, 0) is 14.3 Å². The number of hydrogen-bond acceptors (Lipinski definition) is 6. The molecule has 0 aliphatic carbocycles. The molecule has 1 N–H and O–H groups in total. The molecule has 18 heavy (non-hydrogen) atoms. The molecule has 0 spiro atoms. The average Bonchev–Trinajstić information content (AvgIpc) is 2.39. The normalized spacial score (nSPS) is 9.72. The maximum atomic E-state index is 11.3. The first-order chi connectivity index (χ1) is 8.51. The van der Waals surface area contributed by atoms with Crippen molar-refractivity contribution < 1.29 is 28.9 Å². The lowest BCUT2D eigenvalue weighted by molar-refractivity contribution is -0.142. The second-order valence-corrected chi connectivity index (χ2v) is 3.92. The first kappa shape index (κ1) is 14.3. The molecule has 1 rings (SSSR count). The minimum Gasteiger partial charge on any atom is -0.506 e. The van der Waals surface area contributed by atoms with Crippen molar-refractivity contribution in [3.05, 3.63) is 22.2 Å². The van der Waals surface area contributed by atoms with Crippen molar-refractivity contribution in [3.63, 3.8) is 0 Å². The van der Waals surface area contributed by atoms with Crippen LogP contribution in [0.1, 0.15) is 10.4 Å². The molecular weight excluding hydrogens is 308 g/mol. The summed E-state index contributed by atoms with van der Waals surface area (Å²) < 4.78 is 14.2. The number of rotatable bonds is 4. The minimum absolute atomic E-state index is 0.00482. The number of halogens is 1. The van der Waals surface area contributed by atoms with Gasteiger partial charge in [0.05, 0.1) is 14.2 Å². The van der Waals surface area contributed by atoms with Gasteiger partial charge in [0, 0.05) is 0 Å². The molecule has 1 aromatic rings. The van der Waals surface area contributed by atoms with Crippen LogP contribution >= 0.6 is 15.9 Å². The van der Waals surface area contributed by atoms with Gasteiger partial charge >= 0.3 is 11.9 Å². The molecular formula is C11H11BrO6. The van der Waals surface area contributed by atoms with Crippen LogP contribution in [0.4, 0.5) is 0 Å². The summed E-state index contributed by atoms with van der Waals surface area (Å²) >= 11 is 3.07. The predicted octanol–water partition coefficient (Wildman–Crippen LogP) is 1.49. The van der Waals surface area contributed by atoms with Gasteiger partial charge < -0.3 is 19.3 Å². The molecule has 0 saturated carbocycles. The Morgan fingerprint density at radius 1 is 1.28 bits per heavy atom. The highest BCUT2D eigenvalue weighted by atomic mass is 79.9. The number of methoxy groups -OCH3 is 2. The first-order valence-electron chi connectivity index (χ1n) is 4.80. The quantitative estimate of drug-likeness (QED) is 0.847. The first-order valence-corrected chi connectivity index (χ1v) is 5.60. The number of benzene rings is 1. The van der Waals surface area contributed by atoms with E-state index in [-0.39, 0.29) is 28.1 Å². The number of ether oxygens (including phenoxy) is 3. The third-order valence-corrected chi connectivity index (χ3v) is 2.83. The highest BCUT2D eigenvalue weighted by Gasteiger charge is 2.18. The fourth-order valence-corrected chi connectivity index (χ4v) is 1.59. The Bertz CT molecular complexity index is 471. The van der Waals surface area contributed by atoms with E-state index < -0.39 is 11.9 Å². The molecule has 98 valence electrons. The van der Waals surface area contributed by atoms with E-state index in [4.69, 9.17) is 4.74 Å². The van der Waals surface area contributed by atoms with Gasteiger partial charge in [0.25, 0.3) is 0 Å². The van der Waals surface area contributed by atoms with E-state index in [1.165, 1.54) is 26.4 Å². The molecule has 0 atom stereocenters. The summed E-state index contributed by atoms with van der Waals surface area (Å²) in [5.74, 6) is -1.33. The van der Waals surface area contributed by atoms with Crippen LogP contribution in [0, 0.1) is 0 Å². The zero-order valence-corrected chi connectivity index (χ0v) is 11.3. The molecule has 0 aromatic heterocycles. The summed E-state index contributed by atoms with van der Waals surface area (Å²) in [6.07, 6.45) is 0. The van der Waals surface area contributed by atoms with Crippen molar-refractivity contribution in [1.29, 1.82) is 0 Å². The highest BCUT2D eigenvalue weighted by Crippen LogP contribution is 2.36.